The van der Waals surface area contributed by atoms with Crippen LogP contribution < -0.4 is 0 Å². The van der Waals surface area contributed by atoms with Crippen LogP contribution in [0.2, 0.25) is 0 Å². The first kappa shape index (κ1) is 13.1. The van der Waals surface area contributed by atoms with Crippen LogP contribution in [0.25, 0.3) is 0 Å². The summed E-state index contributed by atoms with van der Waals surface area (Å²) < 4.78 is 4.66. The average Bonchev–Trinajstić information content (AvgIpc) is 2.86. The van der Waals surface area contributed by atoms with Crippen LogP contribution in [0.3, 0.4) is 0 Å². The topological polar surface area (TPSA) is 49.8 Å². The minimum atomic E-state index is -0.309. The molecule has 0 aromatic heterocycles. The Bertz CT molecular complexity index is 402. The van der Waals surface area contributed by atoms with Crippen molar-refractivity contribution >= 4 is 5.97 Å². The molecule has 1 atom stereocenters. The number of methoxy groups -OCH3 is 1. The Morgan fingerprint density at radius 1 is 1.44 bits per heavy atom. The van der Waals surface area contributed by atoms with Crippen molar-refractivity contribution in [2.75, 3.05) is 20.3 Å². The second-order valence-electron chi connectivity index (χ2n) is 4.64. The number of ether oxygens (including phenoxy) is 1. The molecule has 98 valence electrons. The third kappa shape index (κ3) is 2.89. The fourth-order valence-electron chi connectivity index (χ4n) is 2.41. The molecule has 0 aliphatic carbocycles. The maximum atomic E-state index is 11.3. The second kappa shape index (κ2) is 5.98. The summed E-state index contributed by atoms with van der Waals surface area (Å²) in [6.07, 6.45) is 2.21. The van der Waals surface area contributed by atoms with Crippen LogP contribution in [0.4, 0.5) is 0 Å². The van der Waals surface area contributed by atoms with E-state index in [-0.39, 0.29) is 18.6 Å². The van der Waals surface area contributed by atoms with Gasteiger partial charge in [-0.15, -0.1) is 0 Å². The number of carbonyl (C=O) groups is 1. The van der Waals surface area contributed by atoms with Crippen LogP contribution in [0.15, 0.2) is 24.3 Å². The van der Waals surface area contributed by atoms with Crippen LogP contribution in [0.1, 0.15) is 28.8 Å². The molecule has 18 heavy (non-hydrogen) atoms. The minimum absolute atomic E-state index is 0.222. The zero-order valence-corrected chi connectivity index (χ0v) is 10.6. The molecule has 4 nitrogen and oxygen atoms in total. The highest BCUT2D eigenvalue weighted by molar-refractivity contribution is 5.89. The Labute approximate surface area is 107 Å². The fraction of sp³-hybridized carbons (Fsp3) is 0.500. The molecule has 1 aromatic rings. The lowest BCUT2D eigenvalue weighted by molar-refractivity contribution is 0.0600. The van der Waals surface area contributed by atoms with Gasteiger partial charge in [0.05, 0.1) is 19.3 Å². The number of aliphatic hydroxyl groups excluding tert-OH is 1. The summed E-state index contributed by atoms with van der Waals surface area (Å²) in [5.74, 6) is -0.309. The summed E-state index contributed by atoms with van der Waals surface area (Å²) >= 11 is 0. The summed E-state index contributed by atoms with van der Waals surface area (Å²) in [5.41, 5.74) is 1.73. The van der Waals surface area contributed by atoms with Gasteiger partial charge >= 0.3 is 5.97 Å². The molecule has 0 radical (unpaired) electrons. The van der Waals surface area contributed by atoms with Gasteiger partial charge in [0.25, 0.3) is 0 Å². The summed E-state index contributed by atoms with van der Waals surface area (Å²) in [5, 5.41) is 9.26. The number of aliphatic hydroxyl groups is 1. The maximum absolute atomic E-state index is 11.3. The molecular weight excluding hydrogens is 230 g/mol. The van der Waals surface area contributed by atoms with E-state index in [0.29, 0.717) is 5.56 Å². The van der Waals surface area contributed by atoms with Gasteiger partial charge in [-0.1, -0.05) is 12.1 Å². The fourth-order valence-corrected chi connectivity index (χ4v) is 2.41. The summed E-state index contributed by atoms with van der Waals surface area (Å²) in [4.78, 5) is 13.6. The van der Waals surface area contributed by atoms with Gasteiger partial charge in [0, 0.05) is 12.6 Å². The third-order valence-electron chi connectivity index (χ3n) is 3.47. The SMILES string of the molecule is COC(=O)c1ccc(CN2CCC[C@@H]2CO)cc1. The van der Waals surface area contributed by atoms with Gasteiger partial charge < -0.3 is 9.84 Å². The molecule has 0 spiro atoms. The van der Waals surface area contributed by atoms with Gasteiger partial charge in [-0.3, -0.25) is 4.90 Å². The Kier molecular flexibility index (Phi) is 4.33. The standard InChI is InChI=1S/C14H19NO3/c1-18-14(17)12-6-4-11(5-7-12)9-15-8-2-3-13(15)10-16/h4-7,13,16H,2-3,8-10H2,1H3/t13-/m1/s1. The number of benzene rings is 1. The van der Waals surface area contributed by atoms with E-state index in [1.165, 1.54) is 7.11 Å². The Morgan fingerprint density at radius 3 is 2.78 bits per heavy atom. The van der Waals surface area contributed by atoms with E-state index in [0.717, 1.165) is 31.5 Å². The molecule has 1 heterocycles. The molecule has 4 heteroatoms. The molecule has 1 saturated heterocycles. The van der Waals surface area contributed by atoms with Gasteiger partial charge in [-0.25, -0.2) is 4.79 Å². The monoisotopic (exact) mass is 249 g/mol. The summed E-state index contributed by atoms with van der Waals surface area (Å²) in [6.45, 7) is 2.08. The molecule has 1 aliphatic rings. The number of esters is 1. The van der Waals surface area contributed by atoms with Crippen molar-refractivity contribution in [3.8, 4) is 0 Å². The van der Waals surface area contributed by atoms with E-state index in [1.807, 2.05) is 12.1 Å². The molecule has 0 amide bonds. The number of nitrogens with zero attached hydrogens (tertiary/aromatic N) is 1. The van der Waals surface area contributed by atoms with Crippen molar-refractivity contribution in [2.24, 2.45) is 0 Å². The highest BCUT2D eigenvalue weighted by Crippen LogP contribution is 2.19. The zero-order chi connectivity index (χ0) is 13.0. The maximum Gasteiger partial charge on any atom is 0.337 e. The van der Waals surface area contributed by atoms with E-state index >= 15 is 0 Å². The lowest BCUT2D eigenvalue weighted by Crippen LogP contribution is -2.31. The van der Waals surface area contributed by atoms with Crippen molar-refractivity contribution in [1.82, 2.24) is 4.90 Å². The van der Waals surface area contributed by atoms with Crippen molar-refractivity contribution < 1.29 is 14.6 Å². The van der Waals surface area contributed by atoms with Gasteiger partial charge in [-0.05, 0) is 37.1 Å². The largest absolute Gasteiger partial charge is 0.465 e. The van der Waals surface area contributed by atoms with E-state index in [9.17, 15) is 9.90 Å². The molecule has 1 N–H and O–H groups in total. The number of likely N-dealkylation sites (tertiary alicyclic amines) is 1. The summed E-state index contributed by atoms with van der Waals surface area (Å²) in [6, 6.07) is 7.74. The Morgan fingerprint density at radius 2 is 2.17 bits per heavy atom. The van der Waals surface area contributed by atoms with Crippen molar-refractivity contribution in [3.63, 3.8) is 0 Å². The first-order valence-electron chi connectivity index (χ1n) is 6.26. The van der Waals surface area contributed by atoms with Crippen molar-refractivity contribution in [3.05, 3.63) is 35.4 Å². The van der Waals surface area contributed by atoms with Gasteiger partial charge in [-0.2, -0.15) is 0 Å². The van der Waals surface area contributed by atoms with Crippen molar-refractivity contribution in [1.29, 1.82) is 0 Å². The normalized spacial score (nSPS) is 20.0. The lowest BCUT2D eigenvalue weighted by Gasteiger charge is -2.22. The molecule has 1 aliphatic heterocycles. The smallest absolute Gasteiger partial charge is 0.337 e. The van der Waals surface area contributed by atoms with E-state index in [4.69, 9.17) is 0 Å². The van der Waals surface area contributed by atoms with Crippen LogP contribution in [0.5, 0.6) is 0 Å². The van der Waals surface area contributed by atoms with Gasteiger partial charge in [0.1, 0.15) is 0 Å². The molecule has 0 unspecified atom stereocenters. The molecule has 1 fully saturated rings. The number of carbonyl (C=O) groups excluding carboxylic acids is 1. The predicted octanol–water partition coefficient (Wildman–Crippen LogP) is 1.43. The molecule has 0 bridgehead atoms. The number of hydrogen-bond donors (Lipinski definition) is 1. The second-order valence-corrected chi connectivity index (χ2v) is 4.64. The first-order valence-corrected chi connectivity index (χ1v) is 6.26. The molecule has 1 aromatic carbocycles. The number of hydrogen-bond acceptors (Lipinski definition) is 4. The molecular formula is C14H19NO3. The van der Waals surface area contributed by atoms with Crippen LogP contribution in [-0.4, -0.2) is 42.3 Å². The zero-order valence-electron chi connectivity index (χ0n) is 10.6. The summed E-state index contributed by atoms with van der Waals surface area (Å²) in [7, 11) is 1.38. The van der Waals surface area contributed by atoms with Crippen molar-refractivity contribution in [2.45, 2.75) is 25.4 Å². The predicted molar refractivity (Wildman–Crippen MR) is 68.3 cm³/mol. The molecule has 0 saturated carbocycles. The lowest BCUT2D eigenvalue weighted by atomic mass is 10.1. The Hall–Kier alpha value is -1.39. The van der Waals surface area contributed by atoms with Crippen LogP contribution in [-0.2, 0) is 11.3 Å². The first-order chi connectivity index (χ1) is 8.74. The van der Waals surface area contributed by atoms with Crippen LogP contribution in [0, 0.1) is 0 Å². The van der Waals surface area contributed by atoms with Gasteiger partial charge in [0.15, 0.2) is 0 Å². The average molecular weight is 249 g/mol. The molecule has 2 rings (SSSR count). The quantitative estimate of drug-likeness (QED) is 0.820. The van der Waals surface area contributed by atoms with Crippen LogP contribution >= 0.6 is 0 Å². The van der Waals surface area contributed by atoms with E-state index in [2.05, 4.69) is 9.64 Å². The highest BCUT2D eigenvalue weighted by atomic mass is 16.5. The highest BCUT2D eigenvalue weighted by Gasteiger charge is 2.23. The Balaban J connectivity index is 2.00. The van der Waals surface area contributed by atoms with E-state index in [1.54, 1.807) is 12.1 Å². The minimum Gasteiger partial charge on any atom is -0.465 e. The van der Waals surface area contributed by atoms with Gasteiger partial charge in [0.2, 0.25) is 0 Å². The third-order valence-corrected chi connectivity index (χ3v) is 3.47. The number of rotatable bonds is 4. The van der Waals surface area contributed by atoms with E-state index < -0.39 is 0 Å².